The third kappa shape index (κ3) is 4.90. The lowest BCUT2D eigenvalue weighted by Crippen LogP contribution is -2.34. The van der Waals surface area contributed by atoms with Crippen LogP contribution in [0.2, 0.25) is 0 Å². The second kappa shape index (κ2) is 7.06. The van der Waals surface area contributed by atoms with Crippen molar-refractivity contribution < 1.29 is 28.4 Å². The van der Waals surface area contributed by atoms with Crippen LogP contribution in [0.3, 0.4) is 0 Å². The van der Waals surface area contributed by atoms with Gasteiger partial charge in [-0.05, 0) is 18.2 Å². The zero-order valence-electron chi connectivity index (χ0n) is 14.6. The van der Waals surface area contributed by atoms with Gasteiger partial charge in [0.1, 0.15) is 11.9 Å². The molecule has 1 heterocycles. The van der Waals surface area contributed by atoms with Crippen LogP contribution in [0, 0.1) is 5.82 Å². The van der Waals surface area contributed by atoms with Crippen LogP contribution in [0.4, 0.5) is 14.9 Å². The van der Waals surface area contributed by atoms with E-state index in [1.165, 1.54) is 24.0 Å². The zero-order chi connectivity index (χ0) is 18.8. The van der Waals surface area contributed by atoms with E-state index >= 15 is 0 Å². The van der Waals surface area contributed by atoms with Gasteiger partial charge in [0.25, 0.3) is 0 Å². The summed E-state index contributed by atoms with van der Waals surface area (Å²) in [6, 6.07) is 3.85. The Balaban J connectivity index is 2.16. The monoisotopic (exact) mass is 352 g/mol. The molecular formula is C16H21FN4O4. The Labute approximate surface area is 145 Å². The molecule has 1 aliphatic rings. The molecule has 8 nitrogen and oxygen atoms in total. The third-order valence-electron chi connectivity index (χ3n) is 3.34. The summed E-state index contributed by atoms with van der Waals surface area (Å²) in [5, 5.41) is 18.4. The molecule has 0 saturated carbocycles. The summed E-state index contributed by atoms with van der Waals surface area (Å²) in [6.45, 7) is 1.72. The number of carbonyl (C=O) groups is 2. The van der Waals surface area contributed by atoms with E-state index < -0.39 is 23.9 Å². The molecule has 1 fully saturated rings. The van der Waals surface area contributed by atoms with E-state index in [9.17, 15) is 19.1 Å². The molecule has 0 bridgehead atoms. The van der Waals surface area contributed by atoms with E-state index in [4.69, 9.17) is 4.74 Å². The van der Waals surface area contributed by atoms with E-state index in [1.807, 2.05) is 0 Å². The van der Waals surface area contributed by atoms with E-state index in [0.717, 1.165) is 6.07 Å². The maximum atomic E-state index is 14.3. The van der Waals surface area contributed by atoms with Crippen molar-refractivity contribution in [2.45, 2.75) is 13.0 Å². The summed E-state index contributed by atoms with van der Waals surface area (Å²) in [5.41, 5.74) is 0.105. The standard InChI is InChI=1S/C16H21FN4O4/c1-10(22)18-8-12-9-20(16(24)25-12)11-5-6-13(14(17)7-11)15(23)19-21(2,3)4/h5-7,12H,8-9H2,1-4H3,(H-,18,19,22,23)/t12-/m0/s1. The topological polar surface area (TPSA) is 94.1 Å². The van der Waals surface area contributed by atoms with Gasteiger partial charge in [-0.2, -0.15) is 0 Å². The van der Waals surface area contributed by atoms with Crippen LogP contribution in [0.5, 0.6) is 0 Å². The average Bonchev–Trinajstić information content (AvgIpc) is 2.84. The fourth-order valence-electron chi connectivity index (χ4n) is 2.27. The van der Waals surface area contributed by atoms with E-state index in [1.54, 1.807) is 21.1 Å². The second-order valence-electron chi connectivity index (χ2n) is 6.56. The lowest BCUT2D eigenvalue weighted by Gasteiger charge is -2.21. The van der Waals surface area contributed by atoms with Gasteiger partial charge in [-0.15, -0.1) is 0 Å². The van der Waals surface area contributed by atoms with Crippen LogP contribution in [0.25, 0.3) is 0 Å². The molecule has 1 atom stereocenters. The molecule has 0 aromatic heterocycles. The highest BCUT2D eigenvalue weighted by Gasteiger charge is 2.32. The number of amides is 2. The van der Waals surface area contributed by atoms with Crippen LogP contribution in [-0.2, 0) is 9.53 Å². The number of benzene rings is 1. The van der Waals surface area contributed by atoms with Crippen molar-refractivity contribution in [3.8, 4) is 0 Å². The molecule has 1 N–H and O–H groups in total. The van der Waals surface area contributed by atoms with Crippen LogP contribution < -0.4 is 15.3 Å². The Bertz CT molecular complexity index is 715. The first kappa shape index (κ1) is 18.7. The first-order valence-corrected chi connectivity index (χ1v) is 7.68. The van der Waals surface area contributed by atoms with E-state index in [-0.39, 0.29) is 34.8 Å². The van der Waals surface area contributed by atoms with Crippen molar-refractivity contribution in [3.63, 3.8) is 0 Å². The number of hydrogen-bond acceptors (Lipinski definition) is 5. The highest BCUT2D eigenvalue weighted by Crippen LogP contribution is 2.24. The summed E-state index contributed by atoms with van der Waals surface area (Å²) < 4.78 is 19.4. The van der Waals surface area contributed by atoms with Crippen molar-refractivity contribution in [3.05, 3.63) is 29.6 Å². The predicted molar refractivity (Wildman–Crippen MR) is 87.3 cm³/mol. The summed E-state index contributed by atoms with van der Waals surface area (Å²) in [7, 11) is 5.04. The highest BCUT2D eigenvalue weighted by molar-refractivity contribution is 5.93. The maximum absolute atomic E-state index is 14.3. The number of cyclic esters (lactones) is 1. The molecule has 0 radical (unpaired) electrons. The van der Waals surface area contributed by atoms with Crippen molar-refractivity contribution >= 4 is 23.6 Å². The van der Waals surface area contributed by atoms with Crippen LogP contribution in [0.1, 0.15) is 12.5 Å². The molecule has 2 rings (SSSR count). The molecule has 1 aromatic carbocycles. The fraction of sp³-hybridized carbons (Fsp3) is 0.438. The molecule has 1 aliphatic heterocycles. The van der Waals surface area contributed by atoms with Crippen LogP contribution in [0.15, 0.2) is 23.3 Å². The zero-order valence-corrected chi connectivity index (χ0v) is 14.6. The maximum Gasteiger partial charge on any atom is 0.414 e. The SMILES string of the molecule is CC(=O)NC[C@H]1CN(c2ccc(/C([O-])=N/[N+](C)(C)C)c(F)c2)C(=O)O1. The van der Waals surface area contributed by atoms with Gasteiger partial charge in [-0.25, -0.2) is 13.8 Å². The number of hydrogen-bond donors (Lipinski definition) is 1. The van der Waals surface area contributed by atoms with Gasteiger partial charge in [0.2, 0.25) is 5.91 Å². The number of nitrogens with zero attached hydrogens (tertiary/aromatic N) is 3. The summed E-state index contributed by atoms with van der Waals surface area (Å²) in [6.07, 6.45) is -1.15. The fourth-order valence-corrected chi connectivity index (χ4v) is 2.27. The summed E-state index contributed by atoms with van der Waals surface area (Å²) in [4.78, 5) is 24.1. The van der Waals surface area contributed by atoms with Crippen molar-refractivity contribution in [1.82, 2.24) is 5.32 Å². The van der Waals surface area contributed by atoms with E-state index in [2.05, 4.69) is 10.4 Å². The molecule has 9 heteroatoms. The van der Waals surface area contributed by atoms with Crippen LogP contribution >= 0.6 is 0 Å². The molecule has 1 aromatic rings. The Hall–Kier alpha value is -2.68. The van der Waals surface area contributed by atoms with Gasteiger partial charge >= 0.3 is 6.09 Å². The summed E-state index contributed by atoms with van der Waals surface area (Å²) >= 11 is 0. The molecule has 1 saturated heterocycles. The Morgan fingerprint density at radius 1 is 1.48 bits per heavy atom. The average molecular weight is 352 g/mol. The Morgan fingerprint density at radius 3 is 2.72 bits per heavy atom. The Kier molecular flexibility index (Phi) is 5.27. The largest absolute Gasteiger partial charge is 0.854 e. The minimum atomic E-state index is -0.766. The van der Waals surface area contributed by atoms with Gasteiger partial charge in [0.05, 0.1) is 45.8 Å². The lowest BCUT2D eigenvalue weighted by atomic mass is 10.1. The molecule has 25 heavy (non-hydrogen) atoms. The van der Waals surface area contributed by atoms with Gasteiger partial charge < -0.3 is 15.2 Å². The first-order chi connectivity index (χ1) is 11.6. The molecule has 2 amide bonds. The number of rotatable bonds is 5. The Morgan fingerprint density at radius 2 is 2.16 bits per heavy atom. The number of ether oxygens (including phenoxy) is 1. The van der Waals surface area contributed by atoms with Gasteiger partial charge in [-0.3, -0.25) is 9.69 Å². The number of carbonyl (C=O) groups excluding carboxylic acids is 2. The highest BCUT2D eigenvalue weighted by atomic mass is 19.1. The van der Waals surface area contributed by atoms with E-state index in [0.29, 0.717) is 0 Å². The third-order valence-corrected chi connectivity index (χ3v) is 3.34. The van der Waals surface area contributed by atoms with Gasteiger partial charge in [-0.1, -0.05) is 5.10 Å². The number of nitrogens with one attached hydrogen (secondary N) is 1. The van der Waals surface area contributed by atoms with Crippen molar-refractivity contribution in [1.29, 1.82) is 0 Å². The number of quaternary nitrogens is 1. The van der Waals surface area contributed by atoms with Crippen molar-refractivity contribution in [2.24, 2.45) is 5.10 Å². The van der Waals surface area contributed by atoms with Gasteiger partial charge in [0, 0.05) is 12.5 Å². The second-order valence-corrected chi connectivity index (χ2v) is 6.56. The van der Waals surface area contributed by atoms with Crippen molar-refractivity contribution in [2.75, 3.05) is 39.1 Å². The lowest BCUT2D eigenvalue weighted by molar-refractivity contribution is -0.878. The quantitative estimate of drug-likeness (QED) is 0.350. The molecule has 136 valence electrons. The first-order valence-electron chi connectivity index (χ1n) is 7.68. The number of halogens is 1. The molecule has 0 unspecified atom stereocenters. The molecule has 0 aliphatic carbocycles. The number of anilines is 1. The van der Waals surface area contributed by atoms with Gasteiger partial charge in [0.15, 0.2) is 0 Å². The molecular weight excluding hydrogens is 331 g/mol. The normalized spacial score (nSPS) is 18.3. The minimum Gasteiger partial charge on any atom is -0.854 e. The van der Waals surface area contributed by atoms with Crippen LogP contribution in [-0.4, -0.2) is 62.8 Å². The summed E-state index contributed by atoms with van der Waals surface area (Å²) in [5.74, 6) is -1.67. The molecule has 0 spiro atoms. The predicted octanol–water partition coefficient (Wildman–Crippen LogP) is 0.0151. The minimum absolute atomic E-state index is 0.0172. The smallest absolute Gasteiger partial charge is 0.414 e.